The fourth-order valence-corrected chi connectivity index (χ4v) is 2.81. The van der Waals surface area contributed by atoms with Gasteiger partial charge in [0.15, 0.2) is 0 Å². The minimum absolute atomic E-state index is 0.286. The lowest BCUT2D eigenvalue weighted by molar-refractivity contribution is -0.274. The first-order chi connectivity index (χ1) is 12.8. The van der Waals surface area contributed by atoms with Crippen LogP contribution in [0.25, 0.3) is 11.3 Å². The van der Waals surface area contributed by atoms with Crippen LogP contribution < -0.4 is 10.1 Å². The number of ether oxygens (including phenoxy) is 1. The average Bonchev–Trinajstić information content (AvgIpc) is 2.89. The topological polar surface area (TPSA) is 64.9 Å². The van der Waals surface area contributed by atoms with Crippen molar-refractivity contribution in [2.24, 2.45) is 0 Å². The van der Waals surface area contributed by atoms with E-state index in [1.54, 1.807) is 12.4 Å². The molecular weight excluding hydrogens is 359 g/mol. The van der Waals surface area contributed by atoms with E-state index in [-0.39, 0.29) is 5.75 Å². The zero-order valence-electron chi connectivity index (χ0n) is 15.0. The summed E-state index contributed by atoms with van der Waals surface area (Å²) in [5.74, 6) is 0.186. The number of hydrogen-bond acceptors (Lipinski definition) is 5. The number of aromatic nitrogens is 4. The minimum Gasteiger partial charge on any atom is -0.406 e. The van der Waals surface area contributed by atoms with Gasteiger partial charge in [-0.25, -0.2) is 4.98 Å². The van der Waals surface area contributed by atoms with Gasteiger partial charge in [-0.1, -0.05) is 0 Å². The molecule has 1 aromatic carbocycles. The fourth-order valence-electron chi connectivity index (χ4n) is 2.81. The summed E-state index contributed by atoms with van der Waals surface area (Å²) in [6.07, 6.45) is -1.52. The highest BCUT2D eigenvalue weighted by Crippen LogP contribution is 2.27. The molecule has 27 heavy (non-hydrogen) atoms. The number of anilines is 2. The molecule has 0 aliphatic heterocycles. The number of nitrogens with one attached hydrogen (secondary N) is 1. The molecule has 6 nitrogen and oxygen atoms in total. The second-order valence-electron chi connectivity index (χ2n) is 5.85. The van der Waals surface area contributed by atoms with Crippen LogP contribution in [0.5, 0.6) is 5.75 Å². The summed E-state index contributed by atoms with van der Waals surface area (Å²) in [4.78, 5) is 8.76. The Kier molecular flexibility index (Phi) is 5.02. The van der Waals surface area contributed by atoms with Gasteiger partial charge in [-0.3, -0.25) is 9.67 Å². The third kappa shape index (κ3) is 4.36. The van der Waals surface area contributed by atoms with E-state index in [0.29, 0.717) is 17.2 Å². The van der Waals surface area contributed by atoms with Crippen molar-refractivity contribution in [1.29, 1.82) is 0 Å². The maximum Gasteiger partial charge on any atom is 0.573 e. The van der Waals surface area contributed by atoms with Crippen molar-refractivity contribution in [2.45, 2.75) is 33.7 Å². The highest BCUT2D eigenvalue weighted by Gasteiger charge is 2.30. The molecule has 0 fully saturated rings. The number of halogens is 3. The van der Waals surface area contributed by atoms with Gasteiger partial charge < -0.3 is 10.1 Å². The third-order valence-electron chi connectivity index (χ3n) is 3.93. The zero-order chi connectivity index (χ0) is 19.6. The first-order valence-corrected chi connectivity index (χ1v) is 8.26. The van der Waals surface area contributed by atoms with Crippen LogP contribution >= 0.6 is 0 Å². The van der Waals surface area contributed by atoms with E-state index in [2.05, 4.69) is 25.1 Å². The minimum atomic E-state index is -4.71. The molecule has 0 unspecified atom stereocenters. The second kappa shape index (κ2) is 7.26. The molecule has 0 amide bonds. The molecule has 142 valence electrons. The molecule has 0 radical (unpaired) electrons. The summed E-state index contributed by atoms with van der Waals surface area (Å²) in [5, 5.41) is 7.51. The summed E-state index contributed by atoms with van der Waals surface area (Å²) in [6, 6.07) is 5.40. The summed E-state index contributed by atoms with van der Waals surface area (Å²) in [7, 11) is 0. The van der Waals surface area contributed by atoms with Crippen molar-refractivity contribution >= 4 is 11.5 Å². The van der Waals surface area contributed by atoms with Crippen LogP contribution in [-0.4, -0.2) is 26.1 Å². The molecule has 2 heterocycles. The van der Waals surface area contributed by atoms with E-state index in [0.717, 1.165) is 23.5 Å². The zero-order valence-corrected chi connectivity index (χ0v) is 15.0. The van der Waals surface area contributed by atoms with E-state index in [1.165, 1.54) is 24.3 Å². The number of rotatable bonds is 5. The lowest BCUT2D eigenvalue weighted by Gasteiger charge is -2.10. The molecule has 0 atom stereocenters. The van der Waals surface area contributed by atoms with E-state index in [1.807, 2.05) is 25.5 Å². The van der Waals surface area contributed by atoms with Gasteiger partial charge in [0.1, 0.15) is 11.6 Å². The van der Waals surface area contributed by atoms with Crippen LogP contribution in [0.1, 0.15) is 18.3 Å². The quantitative estimate of drug-likeness (QED) is 0.703. The summed E-state index contributed by atoms with van der Waals surface area (Å²) in [5.41, 5.74) is 4.01. The molecule has 0 spiro atoms. The van der Waals surface area contributed by atoms with Crippen LogP contribution in [0, 0.1) is 13.8 Å². The monoisotopic (exact) mass is 377 g/mol. The van der Waals surface area contributed by atoms with Crippen molar-refractivity contribution in [3.8, 4) is 17.0 Å². The Labute approximate surface area is 154 Å². The van der Waals surface area contributed by atoms with E-state index in [9.17, 15) is 13.2 Å². The predicted molar refractivity (Wildman–Crippen MR) is 94.8 cm³/mol. The number of nitrogens with zero attached hydrogens (tertiary/aromatic N) is 4. The van der Waals surface area contributed by atoms with Gasteiger partial charge in [-0.05, 0) is 45.0 Å². The van der Waals surface area contributed by atoms with Crippen molar-refractivity contribution in [3.63, 3.8) is 0 Å². The standard InChI is InChI=1S/C18H18F3N5O/c1-4-26-12(3)17(11(2)25-26)15-9-22-10-16(24-15)23-13-5-7-14(8-6-13)27-18(19,20)21/h5-10H,4H2,1-3H3,(H,23,24). The van der Waals surface area contributed by atoms with Gasteiger partial charge in [-0.15, -0.1) is 13.2 Å². The van der Waals surface area contributed by atoms with Crippen molar-refractivity contribution in [1.82, 2.24) is 19.7 Å². The smallest absolute Gasteiger partial charge is 0.406 e. The van der Waals surface area contributed by atoms with Crippen LogP contribution in [0.4, 0.5) is 24.7 Å². The van der Waals surface area contributed by atoms with Crippen LogP contribution in [0.15, 0.2) is 36.7 Å². The van der Waals surface area contributed by atoms with Crippen molar-refractivity contribution < 1.29 is 17.9 Å². The lowest BCUT2D eigenvalue weighted by Crippen LogP contribution is -2.16. The molecule has 0 aliphatic carbocycles. The highest BCUT2D eigenvalue weighted by atomic mass is 19.4. The lowest BCUT2D eigenvalue weighted by atomic mass is 10.1. The highest BCUT2D eigenvalue weighted by molar-refractivity contribution is 5.66. The Morgan fingerprint density at radius 3 is 2.41 bits per heavy atom. The SMILES string of the molecule is CCn1nc(C)c(-c2cncc(Nc3ccc(OC(F)(F)F)cc3)n2)c1C. The summed E-state index contributed by atoms with van der Waals surface area (Å²) >= 11 is 0. The molecule has 1 N–H and O–H groups in total. The predicted octanol–water partition coefficient (Wildman–Crippen LogP) is 4.62. The Hall–Kier alpha value is -3.10. The van der Waals surface area contributed by atoms with Gasteiger partial charge in [0.2, 0.25) is 0 Å². The van der Waals surface area contributed by atoms with Crippen LogP contribution in [0.3, 0.4) is 0 Å². The first-order valence-electron chi connectivity index (χ1n) is 8.26. The number of benzene rings is 1. The van der Waals surface area contributed by atoms with Gasteiger partial charge in [0.25, 0.3) is 0 Å². The Bertz CT molecular complexity index is 935. The van der Waals surface area contributed by atoms with E-state index < -0.39 is 6.36 Å². The largest absolute Gasteiger partial charge is 0.573 e. The van der Waals surface area contributed by atoms with Crippen LogP contribution in [0.2, 0.25) is 0 Å². The molecule has 3 aromatic rings. The summed E-state index contributed by atoms with van der Waals surface area (Å²) in [6.45, 7) is 6.65. The Balaban J connectivity index is 1.82. The molecule has 0 saturated heterocycles. The average molecular weight is 377 g/mol. The van der Waals surface area contributed by atoms with E-state index >= 15 is 0 Å². The van der Waals surface area contributed by atoms with Gasteiger partial charge >= 0.3 is 6.36 Å². The van der Waals surface area contributed by atoms with Gasteiger partial charge in [0.05, 0.1) is 23.8 Å². The molecule has 2 aromatic heterocycles. The van der Waals surface area contributed by atoms with Crippen molar-refractivity contribution in [2.75, 3.05) is 5.32 Å². The van der Waals surface area contributed by atoms with Crippen LogP contribution in [-0.2, 0) is 6.54 Å². The van der Waals surface area contributed by atoms with Gasteiger partial charge in [-0.2, -0.15) is 5.10 Å². The summed E-state index contributed by atoms with van der Waals surface area (Å²) < 4.78 is 42.4. The molecule has 3 rings (SSSR count). The van der Waals surface area contributed by atoms with Gasteiger partial charge in [0, 0.05) is 23.5 Å². The fraction of sp³-hybridized carbons (Fsp3) is 0.278. The number of hydrogen-bond donors (Lipinski definition) is 1. The molecular formula is C18H18F3N5O. The first kappa shape index (κ1) is 18.7. The van der Waals surface area contributed by atoms with E-state index in [4.69, 9.17) is 0 Å². The maximum absolute atomic E-state index is 12.2. The second-order valence-corrected chi connectivity index (χ2v) is 5.85. The molecule has 0 saturated carbocycles. The molecule has 9 heteroatoms. The Morgan fingerprint density at radius 2 is 1.81 bits per heavy atom. The molecule has 0 aliphatic rings. The maximum atomic E-state index is 12.2. The number of aryl methyl sites for hydroxylation is 2. The molecule has 0 bridgehead atoms. The normalized spacial score (nSPS) is 11.5. The number of alkyl halides is 3. The Morgan fingerprint density at radius 1 is 1.11 bits per heavy atom. The third-order valence-corrected chi connectivity index (χ3v) is 3.93. The van der Waals surface area contributed by atoms with Crippen molar-refractivity contribution in [3.05, 3.63) is 48.0 Å².